The Balaban J connectivity index is 1.46. The molecule has 2 heterocycles. The summed E-state index contributed by atoms with van der Waals surface area (Å²) in [4.78, 5) is 21.5. The largest absolute Gasteiger partial charge is 0.456 e. The number of aromatic nitrogens is 2. The molecule has 9 nitrogen and oxygen atoms in total. The number of halogens is 4. The van der Waals surface area contributed by atoms with Crippen molar-refractivity contribution in [2.75, 3.05) is 44.0 Å². The summed E-state index contributed by atoms with van der Waals surface area (Å²) < 4.78 is 55.3. The molecular weight excluding hydrogens is 563 g/mol. The van der Waals surface area contributed by atoms with E-state index in [4.69, 9.17) is 25.8 Å². The number of carbonyl (C=O) groups is 1. The molecule has 0 aliphatic carbocycles. The number of alkyl halides is 3. The molecule has 4 rings (SSSR count). The second kappa shape index (κ2) is 13.7. The van der Waals surface area contributed by atoms with E-state index in [-0.39, 0.29) is 28.5 Å². The third-order valence-corrected chi connectivity index (χ3v) is 6.35. The lowest BCUT2D eigenvalue weighted by Crippen LogP contribution is -2.29. The average molecular weight is 592 g/mol. The van der Waals surface area contributed by atoms with Crippen molar-refractivity contribution in [1.29, 1.82) is 0 Å². The summed E-state index contributed by atoms with van der Waals surface area (Å²) in [5.41, 5.74) is 0.843. The number of nitrogens with zero attached hydrogens (tertiary/aromatic N) is 2. The Bertz CT molecular complexity index is 1400. The van der Waals surface area contributed by atoms with Crippen LogP contribution in [0, 0.1) is 0 Å². The average Bonchev–Trinajstić information content (AvgIpc) is 3.17. The minimum atomic E-state index is -4.49. The van der Waals surface area contributed by atoms with E-state index in [1.165, 1.54) is 24.5 Å². The third kappa shape index (κ3) is 8.32. The summed E-state index contributed by atoms with van der Waals surface area (Å²) in [7, 11) is 1.61. The molecule has 1 unspecified atom stereocenters. The molecule has 3 N–H and O–H groups in total. The van der Waals surface area contributed by atoms with Crippen LogP contribution in [0.2, 0.25) is 5.02 Å². The van der Waals surface area contributed by atoms with Crippen LogP contribution in [-0.4, -0.2) is 55.4 Å². The summed E-state index contributed by atoms with van der Waals surface area (Å²) in [5.74, 6) is 0.935. The Morgan fingerprint density at radius 1 is 1.20 bits per heavy atom. The summed E-state index contributed by atoms with van der Waals surface area (Å²) in [5, 5.41) is 9.41. The zero-order valence-electron chi connectivity index (χ0n) is 22.3. The van der Waals surface area contributed by atoms with Crippen molar-refractivity contribution >= 4 is 40.9 Å². The van der Waals surface area contributed by atoms with E-state index in [2.05, 4.69) is 25.9 Å². The monoisotopic (exact) mass is 591 g/mol. The Morgan fingerprint density at radius 2 is 2.02 bits per heavy atom. The van der Waals surface area contributed by atoms with Crippen LogP contribution in [0.4, 0.5) is 30.5 Å². The van der Waals surface area contributed by atoms with E-state index in [0.717, 1.165) is 12.1 Å². The van der Waals surface area contributed by atoms with Crippen LogP contribution in [0.25, 0.3) is 6.08 Å². The lowest BCUT2D eigenvalue weighted by atomic mass is 10.1. The highest BCUT2D eigenvalue weighted by Gasteiger charge is 2.30. The van der Waals surface area contributed by atoms with Crippen LogP contribution >= 0.6 is 11.6 Å². The van der Waals surface area contributed by atoms with Gasteiger partial charge < -0.3 is 30.2 Å². The van der Waals surface area contributed by atoms with Crippen molar-refractivity contribution < 1.29 is 32.2 Å². The molecule has 218 valence electrons. The first kappa shape index (κ1) is 30.1. The molecule has 1 aliphatic heterocycles. The number of amides is 1. The molecule has 3 aromatic rings. The van der Waals surface area contributed by atoms with Crippen molar-refractivity contribution in [2.24, 2.45) is 0 Å². The van der Waals surface area contributed by atoms with Crippen molar-refractivity contribution in [3.63, 3.8) is 0 Å². The Hall–Kier alpha value is -3.87. The lowest BCUT2D eigenvalue weighted by molar-refractivity contribution is -0.137. The molecule has 0 fully saturated rings. The molecule has 41 heavy (non-hydrogen) atoms. The van der Waals surface area contributed by atoms with E-state index in [0.29, 0.717) is 61.2 Å². The van der Waals surface area contributed by atoms with Crippen LogP contribution in [0.5, 0.6) is 11.5 Å². The van der Waals surface area contributed by atoms with Crippen molar-refractivity contribution in [1.82, 2.24) is 15.3 Å². The van der Waals surface area contributed by atoms with Crippen LogP contribution in [-0.2, 0) is 20.4 Å². The molecule has 1 aliphatic rings. The maximum Gasteiger partial charge on any atom is 0.416 e. The third-order valence-electron chi connectivity index (χ3n) is 6.05. The van der Waals surface area contributed by atoms with Crippen molar-refractivity contribution in [3.05, 3.63) is 70.5 Å². The van der Waals surface area contributed by atoms with Gasteiger partial charge >= 0.3 is 6.18 Å². The van der Waals surface area contributed by atoms with Gasteiger partial charge in [0, 0.05) is 31.5 Å². The fraction of sp³-hybridized carbons (Fsp3) is 0.321. The molecule has 0 radical (unpaired) electrons. The molecule has 13 heteroatoms. The predicted octanol–water partition coefficient (Wildman–Crippen LogP) is 6.05. The number of fused-ring (bicyclic) bond motifs is 1. The molecule has 1 aromatic heterocycles. The van der Waals surface area contributed by atoms with Gasteiger partial charge in [-0.25, -0.2) is 9.97 Å². The van der Waals surface area contributed by atoms with Gasteiger partial charge in [0.2, 0.25) is 5.91 Å². The number of carbonyl (C=O) groups excluding carboxylic acids is 1. The molecule has 1 atom stereocenters. The van der Waals surface area contributed by atoms with E-state index >= 15 is 0 Å². The van der Waals surface area contributed by atoms with Crippen LogP contribution in [0.15, 0.2) is 54.4 Å². The SMILES string of the molecule is COC(C)COCCNC(=O)C1=Cc2c(ncnc2Nc2ccc(Oc3cccc(C(F)(F)F)c3)c(Cl)c2)NCC1. The highest BCUT2D eigenvalue weighted by Crippen LogP contribution is 2.36. The first-order valence-corrected chi connectivity index (χ1v) is 13.1. The van der Waals surface area contributed by atoms with Gasteiger partial charge in [-0.05, 0) is 55.8 Å². The minimum Gasteiger partial charge on any atom is -0.456 e. The summed E-state index contributed by atoms with van der Waals surface area (Å²) in [6.07, 6.45) is -0.937. The van der Waals surface area contributed by atoms with Gasteiger partial charge in [-0.2, -0.15) is 13.2 Å². The summed E-state index contributed by atoms with van der Waals surface area (Å²) >= 11 is 6.39. The van der Waals surface area contributed by atoms with Crippen molar-refractivity contribution in [2.45, 2.75) is 25.6 Å². The van der Waals surface area contributed by atoms with Gasteiger partial charge in [-0.1, -0.05) is 17.7 Å². The smallest absolute Gasteiger partial charge is 0.416 e. The van der Waals surface area contributed by atoms with Crippen LogP contribution in [0.1, 0.15) is 24.5 Å². The topological polar surface area (TPSA) is 107 Å². The number of ether oxygens (including phenoxy) is 3. The minimum absolute atomic E-state index is 0.00155. The number of nitrogens with one attached hydrogen (secondary N) is 3. The number of anilines is 3. The molecule has 1 amide bonds. The number of methoxy groups -OCH3 is 1. The van der Waals surface area contributed by atoms with E-state index in [9.17, 15) is 18.0 Å². The molecule has 0 saturated carbocycles. The van der Waals surface area contributed by atoms with E-state index in [1.54, 1.807) is 25.3 Å². The standard InChI is InChI=1S/C28H29ClF3N5O4/c1-17(39-2)15-40-11-10-34-27(38)18-8-9-33-25-22(12-18)26(36-16-35-25)37-20-6-7-24(23(29)14-20)41-21-5-3-4-19(13-21)28(30,31)32/h3-7,12-14,16-17H,8-11,15H2,1-2H3,(H,34,38)(H2,33,35,36,37). The maximum atomic E-state index is 13.0. The van der Waals surface area contributed by atoms with Crippen LogP contribution < -0.4 is 20.7 Å². The maximum absolute atomic E-state index is 13.0. The highest BCUT2D eigenvalue weighted by molar-refractivity contribution is 6.32. The Labute approximate surface area is 240 Å². The summed E-state index contributed by atoms with van der Waals surface area (Å²) in [6.45, 7) is 3.52. The molecule has 0 saturated heterocycles. The van der Waals surface area contributed by atoms with E-state index < -0.39 is 11.7 Å². The van der Waals surface area contributed by atoms with Crippen LogP contribution in [0.3, 0.4) is 0 Å². The first-order chi connectivity index (χ1) is 19.6. The van der Waals surface area contributed by atoms with Gasteiger partial charge in [-0.15, -0.1) is 0 Å². The van der Waals surface area contributed by atoms with Gasteiger partial charge in [0.05, 0.1) is 35.5 Å². The highest BCUT2D eigenvalue weighted by atomic mass is 35.5. The number of hydrogen-bond acceptors (Lipinski definition) is 8. The molecule has 0 spiro atoms. The van der Waals surface area contributed by atoms with Gasteiger partial charge in [-0.3, -0.25) is 4.79 Å². The lowest BCUT2D eigenvalue weighted by Gasteiger charge is -2.14. The zero-order valence-corrected chi connectivity index (χ0v) is 23.1. The Morgan fingerprint density at radius 3 is 2.78 bits per heavy atom. The molecular formula is C28H29ClF3N5O4. The van der Waals surface area contributed by atoms with E-state index in [1.807, 2.05) is 6.92 Å². The summed E-state index contributed by atoms with van der Waals surface area (Å²) in [6, 6.07) is 9.28. The molecule has 0 bridgehead atoms. The quantitative estimate of drug-likeness (QED) is 0.231. The van der Waals surface area contributed by atoms with Gasteiger partial charge in [0.1, 0.15) is 29.5 Å². The second-order valence-electron chi connectivity index (χ2n) is 9.11. The zero-order chi connectivity index (χ0) is 29.4. The van der Waals surface area contributed by atoms with Crippen molar-refractivity contribution in [3.8, 4) is 11.5 Å². The second-order valence-corrected chi connectivity index (χ2v) is 9.51. The normalized spacial score (nSPS) is 13.8. The van der Waals surface area contributed by atoms with Gasteiger partial charge in [0.15, 0.2) is 0 Å². The fourth-order valence-corrected chi connectivity index (χ4v) is 4.06. The Kier molecular flexibility index (Phi) is 10.0. The van der Waals surface area contributed by atoms with Gasteiger partial charge in [0.25, 0.3) is 0 Å². The number of hydrogen-bond donors (Lipinski definition) is 3. The first-order valence-electron chi connectivity index (χ1n) is 12.7. The number of rotatable bonds is 11. The molecule has 2 aromatic carbocycles. The number of benzene rings is 2. The predicted molar refractivity (Wildman–Crippen MR) is 150 cm³/mol. The fourth-order valence-electron chi connectivity index (χ4n) is 3.84.